The van der Waals surface area contributed by atoms with Crippen LogP contribution in [0.1, 0.15) is 19.3 Å². The van der Waals surface area contributed by atoms with Gasteiger partial charge in [-0.3, -0.25) is 0 Å². The lowest BCUT2D eigenvalue weighted by molar-refractivity contribution is 0.411. The van der Waals surface area contributed by atoms with Crippen molar-refractivity contribution in [2.75, 3.05) is 0 Å². The number of hydrogen-bond donors (Lipinski definition) is 3. The molecule has 0 amide bonds. The molecule has 1 atom stereocenters. The average molecular weight is 141 g/mol. The number of rotatable bonds is 1. The van der Waals surface area contributed by atoms with Crippen LogP contribution in [0.3, 0.4) is 0 Å². The summed E-state index contributed by atoms with van der Waals surface area (Å²) >= 11 is 0. The summed E-state index contributed by atoms with van der Waals surface area (Å²) < 4.78 is 0. The summed E-state index contributed by atoms with van der Waals surface area (Å²) in [6.45, 7) is 0. The summed E-state index contributed by atoms with van der Waals surface area (Å²) in [6, 6.07) is 0.113. The number of allylic oxidation sites excluding steroid dienone is 1. The Labute approximate surface area is 60.7 Å². The predicted octanol–water partition coefficient (Wildman–Crippen LogP) is -0.564. The largest absolute Gasteiger partial charge is 0.483 e. The molecule has 0 radical (unpaired) electrons. The molecule has 0 spiro atoms. The van der Waals surface area contributed by atoms with E-state index in [0.29, 0.717) is 11.9 Å². The summed E-state index contributed by atoms with van der Waals surface area (Å²) in [5, 5.41) is 17.5. The van der Waals surface area contributed by atoms with E-state index in [1.165, 1.54) is 0 Å². The van der Waals surface area contributed by atoms with E-state index in [9.17, 15) is 0 Å². The Kier molecular flexibility index (Phi) is 2.48. The van der Waals surface area contributed by atoms with Crippen LogP contribution < -0.4 is 5.73 Å². The highest BCUT2D eigenvalue weighted by Crippen LogP contribution is 2.16. The Bertz CT molecular complexity index is 147. The normalized spacial score (nSPS) is 25.9. The van der Waals surface area contributed by atoms with E-state index in [1.54, 1.807) is 0 Å². The van der Waals surface area contributed by atoms with E-state index in [4.69, 9.17) is 15.8 Å². The highest BCUT2D eigenvalue weighted by molar-refractivity contribution is 6.50. The van der Waals surface area contributed by atoms with Gasteiger partial charge in [0.1, 0.15) is 0 Å². The Morgan fingerprint density at radius 1 is 1.60 bits per heavy atom. The molecule has 0 aliphatic heterocycles. The van der Waals surface area contributed by atoms with E-state index in [2.05, 4.69) is 0 Å². The summed E-state index contributed by atoms with van der Waals surface area (Å²) in [4.78, 5) is 0. The lowest BCUT2D eigenvalue weighted by atomic mass is 9.72. The Morgan fingerprint density at radius 2 is 2.30 bits per heavy atom. The van der Waals surface area contributed by atoms with Crippen LogP contribution in [0.25, 0.3) is 0 Å². The van der Waals surface area contributed by atoms with E-state index in [-0.39, 0.29) is 6.04 Å². The lowest BCUT2D eigenvalue weighted by Crippen LogP contribution is -2.28. The fourth-order valence-electron chi connectivity index (χ4n) is 1.18. The maximum absolute atomic E-state index is 8.73. The fraction of sp³-hybridized carbons (Fsp3) is 0.667. The zero-order valence-electron chi connectivity index (χ0n) is 5.83. The minimum absolute atomic E-state index is 0.113. The molecule has 0 fully saturated rings. The molecule has 4 heteroatoms. The quantitative estimate of drug-likeness (QED) is 0.428. The molecule has 0 bridgehead atoms. The van der Waals surface area contributed by atoms with E-state index in [0.717, 1.165) is 12.8 Å². The molecule has 0 aromatic carbocycles. The van der Waals surface area contributed by atoms with Gasteiger partial charge in [-0.2, -0.15) is 0 Å². The van der Waals surface area contributed by atoms with Crippen LogP contribution in [0.2, 0.25) is 0 Å². The van der Waals surface area contributed by atoms with Crippen LogP contribution in [-0.4, -0.2) is 23.2 Å². The maximum Gasteiger partial charge on any atom is 0.483 e. The monoisotopic (exact) mass is 141 g/mol. The van der Waals surface area contributed by atoms with Crippen molar-refractivity contribution in [1.82, 2.24) is 0 Å². The molecule has 0 aromatic rings. The van der Waals surface area contributed by atoms with Crippen molar-refractivity contribution < 1.29 is 10.0 Å². The first-order valence-corrected chi connectivity index (χ1v) is 3.51. The molecule has 0 heterocycles. The lowest BCUT2D eigenvalue weighted by Gasteiger charge is -2.17. The smallest absolute Gasteiger partial charge is 0.423 e. The molecule has 1 aliphatic carbocycles. The Balaban J connectivity index is 2.51. The molecular weight excluding hydrogens is 129 g/mol. The molecule has 0 saturated carbocycles. The molecule has 1 rings (SSSR count). The third kappa shape index (κ3) is 1.83. The van der Waals surface area contributed by atoms with Gasteiger partial charge in [-0.15, -0.1) is 0 Å². The molecule has 0 aromatic heterocycles. The van der Waals surface area contributed by atoms with Crippen molar-refractivity contribution in [3.63, 3.8) is 0 Å². The number of hydrogen-bond acceptors (Lipinski definition) is 3. The highest BCUT2D eigenvalue weighted by Gasteiger charge is 2.19. The van der Waals surface area contributed by atoms with Crippen molar-refractivity contribution >= 4 is 7.12 Å². The van der Waals surface area contributed by atoms with Gasteiger partial charge in [-0.05, 0) is 24.7 Å². The first-order valence-electron chi connectivity index (χ1n) is 3.51. The molecular formula is C6H12BNO2. The van der Waals surface area contributed by atoms with Gasteiger partial charge in [-0.25, -0.2) is 0 Å². The van der Waals surface area contributed by atoms with Crippen molar-refractivity contribution in [1.29, 1.82) is 0 Å². The fourth-order valence-corrected chi connectivity index (χ4v) is 1.18. The molecule has 4 N–H and O–H groups in total. The van der Waals surface area contributed by atoms with Crippen molar-refractivity contribution in [3.05, 3.63) is 11.5 Å². The van der Waals surface area contributed by atoms with Gasteiger partial charge in [0, 0.05) is 6.04 Å². The highest BCUT2D eigenvalue weighted by atomic mass is 16.4. The average Bonchev–Trinajstić information content (AvgIpc) is 1.88. The van der Waals surface area contributed by atoms with Gasteiger partial charge in [0.15, 0.2) is 0 Å². The van der Waals surface area contributed by atoms with Crippen molar-refractivity contribution in [2.24, 2.45) is 5.73 Å². The van der Waals surface area contributed by atoms with Crippen LogP contribution in [-0.2, 0) is 0 Å². The molecule has 56 valence electrons. The van der Waals surface area contributed by atoms with Gasteiger partial charge in [-0.1, -0.05) is 6.08 Å². The molecule has 10 heavy (non-hydrogen) atoms. The molecule has 3 nitrogen and oxygen atoms in total. The minimum atomic E-state index is -1.30. The first-order chi connectivity index (χ1) is 4.70. The second kappa shape index (κ2) is 3.19. The first kappa shape index (κ1) is 7.79. The molecule has 0 unspecified atom stereocenters. The van der Waals surface area contributed by atoms with Gasteiger partial charge in [0.05, 0.1) is 0 Å². The second-order valence-electron chi connectivity index (χ2n) is 2.69. The third-order valence-corrected chi connectivity index (χ3v) is 1.77. The standard InChI is InChI=1S/C6H12BNO2/c8-6-3-1-2-5(4-6)7(9)10/h2,6,9-10H,1,3-4,8H2/t6-/m0/s1. The predicted molar refractivity (Wildman–Crippen MR) is 40.1 cm³/mol. The maximum atomic E-state index is 8.73. The van der Waals surface area contributed by atoms with Crippen molar-refractivity contribution in [3.8, 4) is 0 Å². The van der Waals surface area contributed by atoms with Gasteiger partial charge in [0.25, 0.3) is 0 Å². The van der Waals surface area contributed by atoms with Gasteiger partial charge in [0.2, 0.25) is 0 Å². The van der Waals surface area contributed by atoms with Crippen LogP contribution in [0.15, 0.2) is 11.5 Å². The van der Waals surface area contributed by atoms with Crippen LogP contribution >= 0.6 is 0 Å². The summed E-state index contributed by atoms with van der Waals surface area (Å²) in [5.74, 6) is 0. The Morgan fingerprint density at radius 3 is 2.70 bits per heavy atom. The number of nitrogens with two attached hydrogens (primary N) is 1. The second-order valence-corrected chi connectivity index (χ2v) is 2.69. The Hall–Kier alpha value is -0.315. The van der Waals surface area contributed by atoms with Gasteiger partial charge < -0.3 is 15.8 Å². The SMILES string of the molecule is N[C@H]1CCC=C(B(O)O)C1. The van der Waals surface area contributed by atoms with Crippen LogP contribution in [0.5, 0.6) is 0 Å². The zero-order valence-corrected chi connectivity index (χ0v) is 5.83. The van der Waals surface area contributed by atoms with E-state index >= 15 is 0 Å². The van der Waals surface area contributed by atoms with Crippen molar-refractivity contribution in [2.45, 2.75) is 25.3 Å². The zero-order chi connectivity index (χ0) is 7.56. The van der Waals surface area contributed by atoms with Crippen LogP contribution in [0.4, 0.5) is 0 Å². The third-order valence-electron chi connectivity index (χ3n) is 1.77. The van der Waals surface area contributed by atoms with Gasteiger partial charge >= 0.3 is 7.12 Å². The summed E-state index contributed by atoms with van der Waals surface area (Å²) in [7, 11) is -1.30. The summed E-state index contributed by atoms with van der Waals surface area (Å²) in [6.07, 6.45) is 4.30. The van der Waals surface area contributed by atoms with E-state index in [1.807, 2.05) is 6.08 Å². The van der Waals surface area contributed by atoms with Crippen LogP contribution in [0, 0.1) is 0 Å². The van der Waals surface area contributed by atoms with E-state index < -0.39 is 7.12 Å². The topological polar surface area (TPSA) is 66.5 Å². The molecule has 0 saturated heterocycles. The molecule has 1 aliphatic rings. The summed E-state index contributed by atoms with van der Waals surface area (Å²) in [5.41, 5.74) is 6.27. The minimum Gasteiger partial charge on any atom is -0.423 e.